The molecular formula is C23H30N6O4. The minimum absolute atomic E-state index is 0.0566. The number of rotatable bonds is 12. The van der Waals surface area contributed by atoms with Crippen LogP contribution < -0.4 is 27.8 Å². The van der Waals surface area contributed by atoms with Gasteiger partial charge in [-0.1, -0.05) is 60.7 Å². The molecule has 0 radical (unpaired) electrons. The van der Waals surface area contributed by atoms with Crippen LogP contribution in [0, 0.1) is 0 Å². The monoisotopic (exact) mass is 454 g/mol. The number of nitrogens with zero attached hydrogens (tertiary/aromatic N) is 1. The minimum Gasteiger partial charge on any atom is -0.445 e. The van der Waals surface area contributed by atoms with E-state index in [1.807, 2.05) is 60.7 Å². The zero-order valence-electron chi connectivity index (χ0n) is 18.3. The third kappa shape index (κ3) is 9.72. The van der Waals surface area contributed by atoms with Crippen LogP contribution in [-0.4, -0.2) is 42.5 Å². The number of nitrogens with two attached hydrogens (primary N) is 3. The Kier molecular flexibility index (Phi) is 10.2. The van der Waals surface area contributed by atoms with Gasteiger partial charge in [-0.15, -0.1) is 0 Å². The van der Waals surface area contributed by atoms with Crippen molar-refractivity contribution in [1.29, 1.82) is 0 Å². The number of carbonyl (C=O) groups is 3. The van der Waals surface area contributed by atoms with Crippen molar-refractivity contribution in [3.05, 3.63) is 71.8 Å². The maximum absolute atomic E-state index is 13.0. The van der Waals surface area contributed by atoms with Crippen molar-refractivity contribution in [1.82, 2.24) is 10.6 Å². The van der Waals surface area contributed by atoms with Gasteiger partial charge >= 0.3 is 6.09 Å². The molecule has 0 fully saturated rings. The maximum atomic E-state index is 13.0. The molecule has 10 heteroatoms. The predicted molar refractivity (Wildman–Crippen MR) is 125 cm³/mol. The fourth-order valence-corrected chi connectivity index (χ4v) is 3.03. The van der Waals surface area contributed by atoms with E-state index in [2.05, 4.69) is 15.6 Å². The first-order chi connectivity index (χ1) is 15.8. The highest BCUT2D eigenvalue weighted by Gasteiger charge is 2.26. The molecule has 10 nitrogen and oxygen atoms in total. The van der Waals surface area contributed by atoms with E-state index in [1.165, 1.54) is 0 Å². The van der Waals surface area contributed by atoms with Crippen molar-refractivity contribution < 1.29 is 19.1 Å². The van der Waals surface area contributed by atoms with Crippen LogP contribution in [0.2, 0.25) is 0 Å². The van der Waals surface area contributed by atoms with Gasteiger partial charge in [-0.05, 0) is 24.0 Å². The second kappa shape index (κ2) is 13.4. The lowest BCUT2D eigenvalue weighted by Crippen LogP contribution is -2.53. The highest BCUT2D eigenvalue weighted by Crippen LogP contribution is 2.07. The lowest BCUT2D eigenvalue weighted by molar-refractivity contribution is -0.128. The van der Waals surface area contributed by atoms with Crippen LogP contribution in [0.25, 0.3) is 0 Å². The standard InChI is InChI=1S/C23H30N6O4/c24-20(30)18(12-7-13-27-22(25)26)28-21(31)19(14-16-8-3-1-4-9-16)29-23(32)33-15-17-10-5-2-6-11-17/h1-6,8-11,18-19H,7,12-15H2,(H2,24,30)(H,28,31)(H,29,32)(H4,25,26,27)/t18-,19-/m0/s1. The number of guanidine groups is 1. The van der Waals surface area contributed by atoms with Crippen LogP contribution in [0.5, 0.6) is 0 Å². The summed E-state index contributed by atoms with van der Waals surface area (Å²) in [5.41, 5.74) is 17.6. The first-order valence-electron chi connectivity index (χ1n) is 10.5. The third-order valence-electron chi connectivity index (χ3n) is 4.71. The summed E-state index contributed by atoms with van der Waals surface area (Å²) in [5, 5.41) is 5.19. The fraction of sp³-hybridized carbons (Fsp3) is 0.304. The summed E-state index contributed by atoms with van der Waals surface area (Å²) in [4.78, 5) is 41.0. The van der Waals surface area contributed by atoms with Gasteiger partial charge in [0.05, 0.1) is 0 Å². The SMILES string of the molecule is NC(=O)[C@H](CCCN=C(N)N)NC(=O)[C@H](Cc1ccccc1)NC(=O)OCc1ccccc1. The summed E-state index contributed by atoms with van der Waals surface area (Å²) in [7, 11) is 0. The number of hydrogen-bond donors (Lipinski definition) is 5. The van der Waals surface area contributed by atoms with Crippen molar-refractivity contribution >= 4 is 23.9 Å². The Morgan fingerprint density at radius 3 is 2.03 bits per heavy atom. The number of primary amides is 1. The van der Waals surface area contributed by atoms with E-state index < -0.39 is 30.0 Å². The second-order valence-corrected chi connectivity index (χ2v) is 7.36. The largest absolute Gasteiger partial charge is 0.445 e. The molecule has 2 aromatic rings. The summed E-state index contributed by atoms with van der Waals surface area (Å²) in [6, 6.07) is 16.4. The molecule has 3 amide bonds. The second-order valence-electron chi connectivity index (χ2n) is 7.36. The molecule has 0 heterocycles. The van der Waals surface area contributed by atoms with Crippen molar-refractivity contribution in [3.8, 4) is 0 Å². The molecule has 0 aromatic heterocycles. The van der Waals surface area contributed by atoms with E-state index in [0.29, 0.717) is 13.0 Å². The number of alkyl carbamates (subject to hydrolysis) is 1. The lowest BCUT2D eigenvalue weighted by Gasteiger charge is -2.22. The van der Waals surface area contributed by atoms with Gasteiger partial charge in [0.15, 0.2) is 5.96 Å². The van der Waals surface area contributed by atoms with Crippen LogP contribution in [0.3, 0.4) is 0 Å². The maximum Gasteiger partial charge on any atom is 0.408 e. The van der Waals surface area contributed by atoms with Crippen LogP contribution >= 0.6 is 0 Å². The van der Waals surface area contributed by atoms with E-state index >= 15 is 0 Å². The molecule has 0 saturated heterocycles. The van der Waals surface area contributed by atoms with E-state index in [9.17, 15) is 14.4 Å². The fourth-order valence-electron chi connectivity index (χ4n) is 3.03. The number of nitrogens with one attached hydrogen (secondary N) is 2. The van der Waals surface area contributed by atoms with Gasteiger partial charge in [-0.3, -0.25) is 14.6 Å². The predicted octanol–water partition coefficient (Wildman–Crippen LogP) is 0.548. The van der Waals surface area contributed by atoms with Crippen LogP contribution in [0.1, 0.15) is 24.0 Å². The molecule has 0 spiro atoms. The number of hydrogen-bond acceptors (Lipinski definition) is 5. The van der Waals surface area contributed by atoms with E-state index in [-0.39, 0.29) is 25.4 Å². The van der Waals surface area contributed by atoms with Crippen molar-refractivity contribution in [2.75, 3.05) is 6.54 Å². The lowest BCUT2D eigenvalue weighted by atomic mass is 10.0. The smallest absolute Gasteiger partial charge is 0.408 e. The van der Waals surface area contributed by atoms with Gasteiger partial charge in [0.25, 0.3) is 0 Å². The Hall–Kier alpha value is -4.08. The van der Waals surface area contributed by atoms with Gasteiger partial charge in [0.1, 0.15) is 18.7 Å². The zero-order chi connectivity index (χ0) is 24.1. The van der Waals surface area contributed by atoms with Gasteiger partial charge in [0, 0.05) is 13.0 Å². The quantitative estimate of drug-likeness (QED) is 0.178. The van der Waals surface area contributed by atoms with Crippen molar-refractivity contribution in [3.63, 3.8) is 0 Å². The molecule has 33 heavy (non-hydrogen) atoms. The molecule has 0 bridgehead atoms. The van der Waals surface area contributed by atoms with Gasteiger partial charge in [-0.25, -0.2) is 4.79 Å². The third-order valence-corrected chi connectivity index (χ3v) is 4.71. The van der Waals surface area contributed by atoms with E-state index in [0.717, 1.165) is 11.1 Å². The zero-order valence-corrected chi connectivity index (χ0v) is 18.3. The highest BCUT2D eigenvalue weighted by molar-refractivity contribution is 5.90. The Morgan fingerprint density at radius 2 is 1.45 bits per heavy atom. The van der Waals surface area contributed by atoms with Crippen LogP contribution in [0.4, 0.5) is 4.79 Å². The summed E-state index contributed by atoms with van der Waals surface area (Å²) >= 11 is 0. The number of amides is 3. The molecule has 176 valence electrons. The number of carbonyl (C=O) groups excluding carboxylic acids is 3. The Labute approximate surface area is 192 Å². The number of ether oxygens (including phenoxy) is 1. The normalized spacial score (nSPS) is 12.1. The summed E-state index contributed by atoms with van der Waals surface area (Å²) in [6.45, 7) is 0.348. The Morgan fingerprint density at radius 1 is 0.848 bits per heavy atom. The number of aliphatic imine (C=N–C) groups is 1. The average Bonchev–Trinajstić information content (AvgIpc) is 2.80. The number of benzene rings is 2. The first-order valence-corrected chi connectivity index (χ1v) is 10.5. The molecule has 0 saturated carbocycles. The highest BCUT2D eigenvalue weighted by atomic mass is 16.5. The van der Waals surface area contributed by atoms with Gasteiger partial charge in [-0.2, -0.15) is 0 Å². The molecule has 2 aromatic carbocycles. The van der Waals surface area contributed by atoms with Crippen molar-refractivity contribution in [2.45, 2.75) is 38.0 Å². The molecule has 2 atom stereocenters. The molecule has 0 aliphatic carbocycles. The molecule has 2 rings (SSSR count). The first kappa shape index (κ1) is 25.2. The summed E-state index contributed by atoms with van der Waals surface area (Å²) in [5.74, 6) is -1.31. The van der Waals surface area contributed by atoms with Crippen LogP contribution in [0.15, 0.2) is 65.7 Å². The molecule has 8 N–H and O–H groups in total. The Bertz CT molecular complexity index is 932. The van der Waals surface area contributed by atoms with E-state index in [4.69, 9.17) is 21.9 Å². The van der Waals surface area contributed by atoms with Crippen LogP contribution in [-0.2, 0) is 27.4 Å². The molecule has 0 aliphatic heterocycles. The molecular weight excluding hydrogens is 424 g/mol. The van der Waals surface area contributed by atoms with Crippen molar-refractivity contribution in [2.24, 2.45) is 22.2 Å². The topological polar surface area (TPSA) is 175 Å². The molecule has 0 unspecified atom stereocenters. The average molecular weight is 455 g/mol. The summed E-state index contributed by atoms with van der Waals surface area (Å²) in [6.07, 6.45) is 0.126. The molecule has 0 aliphatic rings. The van der Waals surface area contributed by atoms with Gasteiger partial charge < -0.3 is 32.6 Å². The Balaban J connectivity index is 2.02. The summed E-state index contributed by atoms with van der Waals surface area (Å²) < 4.78 is 5.24. The minimum atomic E-state index is -0.977. The van der Waals surface area contributed by atoms with E-state index in [1.54, 1.807) is 0 Å². The van der Waals surface area contributed by atoms with Gasteiger partial charge in [0.2, 0.25) is 11.8 Å².